The number of alkyl halides is 1. The van der Waals surface area contributed by atoms with Gasteiger partial charge in [-0.25, -0.2) is 0 Å². The van der Waals surface area contributed by atoms with E-state index in [1.54, 1.807) is 0 Å². The van der Waals surface area contributed by atoms with Crippen molar-refractivity contribution in [3.63, 3.8) is 0 Å². The zero-order chi connectivity index (χ0) is 17.6. The Morgan fingerprint density at radius 2 is 1.80 bits per heavy atom. The summed E-state index contributed by atoms with van der Waals surface area (Å²) in [6.45, 7) is 0.324. The van der Waals surface area contributed by atoms with Crippen LogP contribution in [-0.4, -0.2) is 23.1 Å². The number of aliphatic hydroxyl groups excluding tert-OH is 1. The van der Waals surface area contributed by atoms with Crippen molar-refractivity contribution < 1.29 is 9.84 Å². The Morgan fingerprint density at radius 1 is 1.00 bits per heavy atom. The second-order valence-electron chi connectivity index (χ2n) is 5.99. The van der Waals surface area contributed by atoms with E-state index in [1.165, 1.54) is 16.5 Å². The molecule has 1 unspecified atom stereocenters. The van der Waals surface area contributed by atoms with Gasteiger partial charge in [0.05, 0.1) is 6.10 Å². The fourth-order valence-electron chi connectivity index (χ4n) is 2.82. The lowest BCUT2D eigenvalue weighted by atomic mass is 9.98. The van der Waals surface area contributed by atoms with E-state index in [9.17, 15) is 5.11 Å². The van der Waals surface area contributed by atoms with E-state index in [0.29, 0.717) is 6.61 Å². The third kappa shape index (κ3) is 4.84. The Kier molecular flexibility index (Phi) is 6.51. The molecule has 0 radical (unpaired) electrons. The molecule has 0 spiro atoms. The lowest BCUT2D eigenvalue weighted by Gasteiger charge is -2.13. The fourth-order valence-corrected chi connectivity index (χ4v) is 3.41. The van der Waals surface area contributed by atoms with E-state index in [1.807, 2.05) is 12.1 Å². The van der Waals surface area contributed by atoms with E-state index in [-0.39, 0.29) is 0 Å². The number of ether oxygens (including phenoxy) is 1. The zero-order valence-electron chi connectivity index (χ0n) is 13.8. The first-order chi connectivity index (χ1) is 12.2. The van der Waals surface area contributed by atoms with Crippen LogP contribution in [-0.2, 0) is 0 Å². The SMILES string of the molecule is OC(CCCBr)COc1ccc2c(-c3ccc(Br)cc3)cccc2c1. The van der Waals surface area contributed by atoms with Gasteiger partial charge in [0.15, 0.2) is 0 Å². The Labute approximate surface area is 165 Å². The van der Waals surface area contributed by atoms with Crippen LogP contribution in [0.3, 0.4) is 0 Å². The maximum absolute atomic E-state index is 9.92. The molecule has 3 aromatic rings. The van der Waals surface area contributed by atoms with Crippen LogP contribution in [0.2, 0.25) is 0 Å². The Bertz CT molecular complexity index is 831. The van der Waals surface area contributed by atoms with Crippen LogP contribution < -0.4 is 4.74 Å². The molecule has 1 atom stereocenters. The van der Waals surface area contributed by atoms with Gasteiger partial charge in [0.1, 0.15) is 12.4 Å². The molecule has 0 amide bonds. The van der Waals surface area contributed by atoms with Crippen molar-refractivity contribution in [3.8, 4) is 16.9 Å². The van der Waals surface area contributed by atoms with Gasteiger partial charge in [-0.2, -0.15) is 0 Å². The summed E-state index contributed by atoms with van der Waals surface area (Å²) in [5.74, 6) is 0.790. The molecular formula is C21H20Br2O2. The first kappa shape index (κ1) is 18.4. The standard InChI is InChI=1S/C21H20Br2O2/c22-12-2-4-18(24)14-25-19-10-11-21-16(13-19)3-1-5-20(21)15-6-8-17(23)9-7-15/h1,3,5-11,13,18,24H,2,4,12,14H2. The van der Waals surface area contributed by atoms with Crippen molar-refractivity contribution in [2.24, 2.45) is 0 Å². The number of hydrogen-bond acceptors (Lipinski definition) is 2. The van der Waals surface area contributed by atoms with Crippen molar-refractivity contribution >= 4 is 42.6 Å². The van der Waals surface area contributed by atoms with Gasteiger partial charge in [0.2, 0.25) is 0 Å². The molecule has 0 fully saturated rings. The molecule has 0 aromatic heterocycles. The molecule has 0 aliphatic rings. The van der Waals surface area contributed by atoms with Crippen LogP contribution in [0.25, 0.3) is 21.9 Å². The second-order valence-corrected chi connectivity index (χ2v) is 7.70. The average Bonchev–Trinajstić information content (AvgIpc) is 2.64. The fraction of sp³-hybridized carbons (Fsp3) is 0.238. The van der Waals surface area contributed by atoms with Gasteiger partial charge >= 0.3 is 0 Å². The maximum atomic E-state index is 9.92. The summed E-state index contributed by atoms with van der Waals surface area (Å²) in [5, 5.41) is 13.1. The van der Waals surface area contributed by atoms with Crippen molar-refractivity contribution in [2.45, 2.75) is 18.9 Å². The van der Waals surface area contributed by atoms with E-state index in [2.05, 4.69) is 80.4 Å². The Balaban J connectivity index is 1.81. The van der Waals surface area contributed by atoms with Crippen molar-refractivity contribution in [3.05, 3.63) is 65.1 Å². The topological polar surface area (TPSA) is 29.5 Å². The number of aliphatic hydroxyl groups is 1. The molecule has 130 valence electrons. The number of benzene rings is 3. The number of rotatable bonds is 7. The third-order valence-corrected chi connectivity index (χ3v) is 5.21. The van der Waals surface area contributed by atoms with Gasteiger partial charge < -0.3 is 9.84 Å². The van der Waals surface area contributed by atoms with E-state index < -0.39 is 6.10 Å². The van der Waals surface area contributed by atoms with E-state index in [4.69, 9.17) is 4.74 Å². The monoisotopic (exact) mass is 462 g/mol. The quantitative estimate of drug-likeness (QED) is 0.423. The molecule has 4 heteroatoms. The molecule has 3 rings (SSSR count). The molecule has 0 aliphatic heterocycles. The highest BCUT2D eigenvalue weighted by Gasteiger charge is 2.07. The van der Waals surface area contributed by atoms with Gasteiger partial charge in [-0.3, -0.25) is 0 Å². The minimum Gasteiger partial charge on any atom is -0.491 e. The summed E-state index contributed by atoms with van der Waals surface area (Å²) < 4.78 is 6.84. The number of fused-ring (bicyclic) bond motifs is 1. The zero-order valence-corrected chi connectivity index (χ0v) is 17.0. The molecule has 25 heavy (non-hydrogen) atoms. The Hall–Kier alpha value is -1.36. The molecule has 3 aromatic carbocycles. The molecule has 0 heterocycles. The van der Waals surface area contributed by atoms with Gasteiger partial charge in [-0.15, -0.1) is 0 Å². The smallest absolute Gasteiger partial charge is 0.120 e. The van der Waals surface area contributed by atoms with Crippen LogP contribution in [0.1, 0.15) is 12.8 Å². The number of hydrogen-bond donors (Lipinski definition) is 1. The van der Waals surface area contributed by atoms with Gasteiger partial charge in [-0.1, -0.05) is 68.3 Å². The first-order valence-corrected chi connectivity index (χ1v) is 10.2. The Morgan fingerprint density at radius 3 is 2.56 bits per heavy atom. The van der Waals surface area contributed by atoms with Crippen molar-refractivity contribution in [2.75, 3.05) is 11.9 Å². The highest BCUT2D eigenvalue weighted by Crippen LogP contribution is 2.31. The largest absolute Gasteiger partial charge is 0.491 e. The van der Waals surface area contributed by atoms with Crippen LogP contribution in [0, 0.1) is 0 Å². The minimum atomic E-state index is -0.428. The summed E-state index contributed by atoms with van der Waals surface area (Å²) in [5.41, 5.74) is 2.39. The van der Waals surface area contributed by atoms with Crippen LogP contribution >= 0.6 is 31.9 Å². The predicted octanol–water partition coefficient (Wildman–Crippen LogP) is 6.18. The average molecular weight is 464 g/mol. The molecule has 0 bridgehead atoms. The first-order valence-electron chi connectivity index (χ1n) is 8.33. The summed E-state index contributed by atoms with van der Waals surface area (Å²) in [4.78, 5) is 0. The van der Waals surface area contributed by atoms with E-state index >= 15 is 0 Å². The maximum Gasteiger partial charge on any atom is 0.120 e. The lowest BCUT2D eigenvalue weighted by Crippen LogP contribution is -2.17. The van der Waals surface area contributed by atoms with Crippen LogP contribution in [0.15, 0.2) is 65.1 Å². The van der Waals surface area contributed by atoms with Crippen molar-refractivity contribution in [1.29, 1.82) is 0 Å². The predicted molar refractivity (Wildman–Crippen MR) is 112 cm³/mol. The third-order valence-electron chi connectivity index (χ3n) is 4.12. The van der Waals surface area contributed by atoms with Gasteiger partial charge in [-0.05, 0) is 59.0 Å². The number of halogens is 2. The highest BCUT2D eigenvalue weighted by molar-refractivity contribution is 9.10. The molecule has 2 nitrogen and oxygen atoms in total. The molecule has 0 aliphatic carbocycles. The normalized spacial score (nSPS) is 12.3. The second kappa shape index (κ2) is 8.84. The highest BCUT2D eigenvalue weighted by atomic mass is 79.9. The summed E-state index contributed by atoms with van der Waals surface area (Å²) in [7, 11) is 0. The molecule has 0 saturated heterocycles. The molecule has 0 saturated carbocycles. The summed E-state index contributed by atoms with van der Waals surface area (Å²) >= 11 is 6.86. The van der Waals surface area contributed by atoms with Crippen LogP contribution in [0.5, 0.6) is 5.75 Å². The van der Waals surface area contributed by atoms with Crippen molar-refractivity contribution in [1.82, 2.24) is 0 Å². The molecular weight excluding hydrogens is 444 g/mol. The summed E-state index contributed by atoms with van der Waals surface area (Å²) in [6, 6.07) is 20.7. The lowest BCUT2D eigenvalue weighted by molar-refractivity contribution is 0.0997. The van der Waals surface area contributed by atoms with Gasteiger partial charge in [0, 0.05) is 9.80 Å². The summed E-state index contributed by atoms with van der Waals surface area (Å²) in [6.07, 6.45) is 1.26. The minimum absolute atomic E-state index is 0.324. The van der Waals surface area contributed by atoms with Gasteiger partial charge in [0.25, 0.3) is 0 Å². The molecule has 1 N–H and O–H groups in total. The van der Waals surface area contributed by atoms with E-state index in [0.717, 1.165) is 33.8 Å². The van der Waals surface area contributed by atoms with Crippen LogP contribution in [0.4, 0.5) is 0 Å².